The first-order chi connectivity index (χ1) is 6.07. The van der Waals surface area contributed by atoms with Crippen LogP contribution < -0.4 is 5.73 Å². The molecule has 0 atom stereocenters. The maximum Gasteiger partial charge on any atom is 0.348 e. The largest absolute Gasteiger partial charge is 0.465 e. The molecule has 0 aliphatic heterocycles. The minimum absolute atomic E-state index is 0.0727. The molecule has 0 saturated carbocycles. The average Bonchev–Trinajstić information content (AvgIpc) is 2.46. The van der Waals surface area contributed by atoms with Crippen molar-refractivity contribution in [2.75, 3.05) is 12.8 Å². The molecule has 1 rings (SSSR count). The monoisotopic (exact) mass is 202 g/mol. The first-order valence-corrected chi connectivity index (χ1v) is 4.05. The molecule has 7 heteroatoms. The van der Waals surface area contributed by atoms with Gasteiger partial charge < -0.3 is 10.5 Å². The van der Waals surface area contributed by atoms with E-state index < -0.39 is 10.9 Å². The summed E-state index contributed by atoms with van der Waals surface area (Å²) in [4.78, 5) is 20.8. The van der Waals surface area contributed by atoms with Crippen LogP contribution in [0.1, 0.15) is 10.4 Å². The standard InChI is InChI=1S/C6H6N2O4S/c1-12-6(9)4-3(7)2-13-5(4)8(10)11/h2H,7H2,1H3. The number of hydrogen-bond donors (Lipinski definition) is 1. The smallest absolute Gasteiger partial charge is 0.348 e. The van der Waals surface area contributed by atoms with E-state index in [2.05, 4.69) is 4.74 Å². The van der Waals surface area contributed by atoms with Gasteiger partial charge in [0.25, 0.3) is 0 Å². The highest BCUT2D eigenvalue weighted by Gasteiger charge is 2.26. The zero-order valence-electron chi connectivity index (χ0n) is 6.64. The SMILES string of the molecule is COC(=O)c1c(N)csc1[N+](=O)[O-]. The molecule has 1 aromatic rings. The average molecular weight is 202 g/mol. The van der Waals surface area contributed by atoms with E-state index in [1.54, 1.807) is 0 Å². The van der Waals surface area contributed by atoms with Crippen LogP contribution in [0, 0.1) is 10.1 Å². The van der Waals surface area contributed by atoms with Crippen molar-refractivity contribution in [3.05, 3.63) is 21.1 Å². The molecule has 0 bridgehead atoms. The zero-order chi connectivity index (χ0) is 10.0. The molecule has 0 aromatic carbocycles. The lowest BCUT2D eigenvalue weighted by molar-refractivity contribution is -0.380. The molecule has 2 N–H and O–H groups in total. The lowest BCUT2D eigenvalue weighted by Crippen LogP contribution is -2.05. The third-order valence-electron chi connectivity index (χ3n) is 1.36. The Labute approximate surface area is 77.1 Å². The predicted octanol–water partition coefficient (Wildman–Crippen LogP) is 1.03. The second-order valence-corrected chi connectivity index (χ2v) is 2.98. The topological polar surface area (TPSA) is 95.5 Å². The predicted molar refractivity (Wildman–Crippen MR) is 46.7 cm³/mol. The molecule has 0 spiro atoms. The van der Waals surface area contributed by atoms with Gasteiger partial charge in [0.1, 0.15) is 0 Å². The molecular formula is C6H6N2O4S. The van der Waals surface area contributed by atoms with Gasteiger partial charge in [-0.3, -0.25) is 10.1 Å². The summed E-state index contributed by atoms with van der Waals surface area (Å²) in [5.41, 5.74) is 5.26. The number of nitrogen functional groups attached to an aromatic ring is 1. The van der Waals surface area contributed by atoms with Crippen LogP contribution in [0.5, 0.6) is 0 Å². The normalized spacial score (nSPS) is 9.62. The van der Waals surface area contributed by atoms with Crippen LogP contribution in [0.3, 0.4) is 0 Å². The third kappa shape index (κ3) is 1.59. The van der Waals surface area contributed by atoms with Crippen LogP contribution in [0.25, 0.3) is 0 Å². The van der Waals surface area contributed by atoms with E-state index in [4.69, 9.17) is 5.73 Å². The van der Waals surface area contributed by atoms with Crippen molar-refractivity contribution in [3.63, 3.8) is 0 Å². The van der Waals surface area contributed by atoms with Crippen molar-refractivity contribution < 1.29 is 14.5 Å². The van der Waals surface area contributed by atoms with Crippen molar-refractivity contribution in [3.8, 4) is 0 Å². The Morgan fingerprint density at radius 3 is 2.85 bits per heavy atom. The fraction of sp³-hybridized carbons (Fsp3) is 0.167. The van der Waals surface area contributed by atoms with E-state index in [1.165, 1.54) is 5.38 Å². The van der Waals surface area contributed by atoms with E-state index in [9.17, 15) is 14.9 Å². The van der Waals surface area contributed by atoms with Gasteiger partial charge in [0.2, 0.25) is 0 Å². The Morgan fingerprint density at radius 1 is 1.77 bits per heavy atom. The van der Waals surface area contributed by atoms with Gasteiger partial charge in [-0.15, -0.1) is 0 Å². The number of anilines is 1. The first kappa shape index (κ1) is 9.46. The van der Waals surface area contributed by atoms with Crippen LogP contribution in [0.15, 0.2) is 5.38 Å². The highest BCUT2D eigenvalue weighted by atomic mass is 32.1. The highest BCUT2D eigenvalue weighted by Crippen LogP contribution is 2.32. The number of hydrogen-bond acceptors (Lipinski definition) is 6. The van der Waals surface area contributed by atoms with Crippen LogP contribution in [-0.4, -0.2) is 18.0 Å². The molecule has 0 fully saturated rings. The van der Waals surface area contributed by atoms with Crippen molar-refractivity contribution in [2.45, 2.75) is 0 Å². The molecule has 0 aliphatic rings. The van der Waals surface area contributed by atoms with Crippen LogP contribution in [0.2, 0.25) is 0 Å². The molecule has 6 nitrogen and oxygen atoms in total. The Morgan fingerprint density at radius 2 is 2.38 bits per heavy atom. The molecule has 0 unspecified atom stereocenters. The summed E-state index contributed by atoms with van der Waals surface area (Å²) in [6.07, 6.45) is 0. The number of carbonyl (C=O) groups excluding carboxylic acids is 1. The summed E-state index contributed by atoms with van der Waals surface area (Å²) in [6.45, 7) is 0. The fourth-order valence-electron chi connectivity index (χ4n) is 0.802. The fourth-order valence-corrected chi connectivity index (χ4v) is 1.56. The Hall–Kier alpha value is -1.63. The molecule has 1 aromatic heterocycles. The van der Waals surface area contributed by atoms with E-state index >= 15 is 0 Å². The van der Waals surface area contributed by atoms with Gasteiger partial charge >= 0.3 is 11.0 Å². The number of rotatable bonds is 2. The van der Waals surface area contributed by atoms with Crippen molar-refractivity contribution in [1.29, 1.82) is 0 Å². The molecule has 0 saturated heterocycles. The maximum atomic E-state index is 11.0. The molecule has 13 heavy (non-hydrogen) atoms. The summed E-state index contributed by atoms with van der Waals surface area (Å²) in [5, 5.41) is 11.5. The number of carbonyl (C=O) groups is 1. The molecule has 0 aliphatic carbocycles. The summed E-state index contributed by atoms with van der Waals surface area (Å²) in [5.74, 6) is -0.787. The van der Waals surface area contributed by atoms with Crippen molar-refractivity contribution >= 4 is 28.0 Å². The van der Waals surface area contributed by atoms with E-state index in [-0.39, 0.29) is 16.3 Å². The number of esters is 1. The maximum absolute atomic E-state index is 11.0. The highest BCUT2D eigenvalue weighted by molar-refractivity contribution is 7.14. The van der Waals surface area contributed by atoms with Gasteiger partial charge in [0, 0.05) is 5.38 Å². The molecule has 0 radical (unpaired) electrons. The van der Waals surface area contributed by atoms with E-state index in [0.29, 0.717) is 0 Å². The van der Waals surface area contributed by atoms with Gasteiger partial charge in [0.05, 0.1) is 17.7 Å². The number of methoxy groups -OCH3 is 1. The minimum Gasteiger partial charge on any atom is -0.465 e. The number of thiophene rings is 1. The molecule has 70 valence electrons. The summed E-state index contributed by atoms with van der Waals surface area (Å²) < 4.78 is 4.35. The van der Waals surface area contributed by atoms with Crippen molar-refractivity contribution in [1.82, 2.24) is 0 Å². The molecule has 1 heterocycles. The number of nitrogens with zero attached hydrogens (tertiary/aromatic N) is 1. The van der Waals surface area contributed by atoms with Crippen LogP contribution in [0.4, 0.5) is 10.7 Å². The van der Waals surface area contributed by atoms with Crippen molar-refractivity contribution in [2.24, 2.45) is 0 Å². The van der Waals surface area contributed by atoms with Gasteiger partial charge in [-0.1, -0.05) is 11.3 Å². The first-order valence-electron chi connectivity index (χ1n) is 3.17. The van der Waals surface area contributed by atoms with Gasteiger partial charge in [-0.05, 0) is 0 Å². The molecular weight excluding hydrogens is 196 g/mol. The quantitative estimate of drug-likeness (QED) is 0.439. The van der Waals surface area contributed by atoms with Gasteiger partial charge in [-0.25, -0.2) is 4.79 Å². The lowest BCUT2D eigenvalue weighted by atomic mass is 10.3. The van der Waals surface area contributed by atoms with Gasteiger partial charge in [-0.2, -0.15) is 0 Å². The zero-order valence-corrected chi connectivity index (χ0v) is 7.46. The Kier molecular flexibility index (Phi) is 2.47. The second-order valence-electron chi connectivity index (χ2n) is 2.12. The molecule has 0 amide bonds. The minimum atomic E-state index is -0.787. The number of ether oxygens (including phenoxy) is 1. The van der Waals surface area contributed by atoms with Crippen LogP contribution >= 0.6 is 11.3 Å². The number of nitrogens with two attached hydrogens (primary N) is 1. The van der Waals surface area contributed by atoms with Gasteiger partial charge in [0.15, 0.2) is 5.56 Å². The van der Waals surface area contributed by atoms with E-state index in [1.807, 2.05) is 0 Å². The Balaban J connectivity index is 3.24. The number of nitro groups is 1. The summed E-state index contributed by atoms with van der Waals surface area (Å²) >= 11 is 0.803. The lowest BCUT2D eigenvalue weighted by Gasteiger charge is -1.96. The second kappa shape index (κ2) is 3.40. The third-order valence-corrected chi connectivity index (χ3v) is 2.30. The summed E-state index contributed by atoms with van der Waals surface area (Å²) in [7, 11) is 1.14. The Bertz CT molecular complexity index is 360. The van der Waals surface area contributed by atoms with E-state index in [0.717, 1.165) is 18.4 Å². The summed E-state index contributed by atoms with van der Waals surface area (Å²) in [6, 6.07) is 0. The van der Waals surface area contributed by atoms with Crippen LogP contribution in [-0.2, 0) is 4.74 Å².